The van der Waals surface area contributed by atoms with Gasteiger partial charge in [-0.15, -0.1) is 11.3 Å². The number of anilines is 1. The van der Waals surface area contributed by atoms with Gasteiger partial charge in [-0.25, -0.2) is 9.78 Å². The average Bonchev–Trinajstić information content (AvgIpc) is 3.05. The topological polar surface area (TPSA) is 90.3 Å². The van der Waals surface area contributed by atoms with Crippen molar-refractivity contribution in [3.05, 3.63) is 56.4 Å². The van der Waals surface area contributed by atoms with Crippen molar-refractivity contribution in [3.8, 4) is 0 Å². The summed E-state index contributed by atoms with van der Waals surface area (Å²) < 4.78 is 6.52. The lowest BCUT2D eigenvalue weighted by Gasteiger charge is -2.15. The number of carbonyl (C=O) groups is 2. The number of aromatic nitrogens is 2. The van der Waals surface area contributed by atoms with E-state index in [9.17, 15) is 14.4 Å². The summed E-state index contributed by atoms with van der Waals surface area (Å²) in [5.41, 5.74) is 2.98. The molecule has 0 bridgehead atoms. The zero-order chi connectivity index (χ0) is 22.9. The zero-order valence-corrected chi connectivity index (χ0v) is 19.4. The lowest BCUT2D eigenvalue weighted by atomic mass is 10.1. The molecule has 0 saturated heterocycles. The van der Waals surface area contributed by atoms with Crippen LogP contribution in [0, 0.1) is 26.7 Å². The molecule has 0 aliphatic heterocycles. The van der Waals surface area contributed by atoms with Crippen molar-refractivity contribution in [1.29, 1.82) is 0 Å². The Kier molecular flexibility index (Phi) is 6.59. The van der Waals surface area contributed by atoms with Crippen LogP contribution >= 0.6 is 11.3 Å². The molecule has 1 amide bonds. The molecule has 164 valence electrons. The fraction of sp³-hybridized carbons (Fsp3) is 0.391. The van der Waals surface area contributed by atoms with Crippen LogP contribution in [0.1, 0.15) is 53.2 Å². The monoisotopic (exact) mass is 441 g/mol. The van der Waals surface area contributed by atoms with Gasteiger partial charge < -0.3 is 10.1 Å². The maximum Gasteiger partial charge on any atom is 0.329 e. The lowest BCUT2D eigenvalue weighted by molar-refractivity contribution is -0.148. The van der Waals surface area contributed by atoms with Crippen LogP contribution in [0.5, 0.6) is 0 Å². The Bertz CT molecular complexity index is 1210. The number of amides is 1. The minimum atomic E-state index is -0.810. The molecule has 0 fully saturated rings. The summed E-state index contributed by atoms with van der Waals surface area (Å²) in [6, 6.07) is 4.98. The van der Waals surface area contributed by atoms with Gasteiger partial charge in [0.25, 0.3) is 11.5 Å². The molecule has 0 saturated carbocycles. The molecule has 0 spiro atoms. The Morgan fingerprint density at radius 3 is 2.55 bits per heavy atom. The van der Waals surface area contributed by atoms with Gasteiger partial charge in [-0.05, 0) is 50.8 Å². The van der Waals surface area contributed by atoms with Gasteiger partial charge >= 0.3 is 5.97 Å². The molecule has 7 nitrogen and oxygen atoms in total. The maximum absolute atomic E-state index is 13.1. The number of esters is 1. The van der Waals surface area contributed by atoms with Crippen molar-refractivity contribution >= 4 is 39.1 Å². The number of carbonyl (C=O) groups excluding carboxylic acids is 2. The highest BCUT2D eigenvalue weighted by molar-refractivity contribution is 7.20. The average molecular weight is 442 g/mol. The number of nitrogens with zero attached hydrogens (tertiary/aromatic N) is 2. The van der Waals surface area contributed by atoms with E-state index in [-0.39, 0.29) is 24.0 Å². The molecular weight excluding hydrogens is 414 g/mol. The van der Waals surface area contributed by atoms with Crippen LogP contribution < -0.4 is 10.9 Å². The third-order valence-corrected chi connectivity index (χ3v) is 6.23. The molecule has 1 atom stereocenters. The van der Waals surface area contributed by atoms with Crippen LogP contribution in [0.25, 0.3) is 10.2 Å². The summed E-state index contributed by atoms with van der Waals surface area (Å²) in [7, 11) is 0. The number of nitrogens with one attached hydrogen (secondary N) is 1. The molecule has 1 aromatic carbocycles. The molecule has 1 N–H and O–H groups in total. The maximum atomic E-state index is 13.1. The highest BCUT2D eigenvalue weighted by Crippen LogP contribution is 2.28. The van der Waals surface area contributed by atoms with Crippen molar-refractivity contribution in [2.24, 2.45) is 5.92 Å². The first-order valence-electron chi connectivity index (χ1n) is 10.2. The predicted molar refractivity (Wildman–Crippen MR) is 123 cm³/mol. The first kappa shape index (κ1) is 22.7. The molecule has 2 aromatic heterocycles. The Balaban J connectivity index is 1.93. The summed E-state index contributed by atoms with van der Waals surface area (Å²) in [5.74, 6) is -0.578. The van der Waals surface area contributed by atoms with Crippen LogP contribution in [-0.2, 0) is 9.53 Å². The minimum Gasteiger partial charge on any atom is -0.464 e. The number of ether oxygens (including phenoxy) is 1. The van der Waals surface area contributed by atoms with Crippen LogP contribution in [0.15, 0.2) is 29.3 Å². The van der Waals surface area contributed by atoms with Gasteiger partial charge in [-0.2, -0.15) is 0 Å². The number of thiophene rings is 1. The van der Waals surface area contributed by atoms with E-state index in [4.69, 9.17) is 4.74 Å². The minimum absolute atomic E-state index is 0.200. The van der Waals surface area contributed by atoms with Crippen LogP contribution in [0.4, 0.5) is 5.69 Å². The third kappa shape index (κ3) is 4.69. The predicted octanol–water partition coefficient (Wildman–Crippen LogP) is 4.40. The van der Waals surface area contributed by atoms with Gasteiger partial charge in [-0.1, -0.05) is 31.5 Å². The van der Waals surface area contributed by atoms with Crippen molar-refractivity contribution < 1.29 is 14.3 Å². The first-order chi connectivity index (χ1) is 14.6. The summed E-state index contributed by atoms with van der Waals surface area (Å²) >= 11 is 1.16. The fourth-order valence-electron chi connectivity index (χ4n) is 3.25. The van der Waals surface area contributed by atoms with E-state index in [1.165, 1.54) is 10.9 Å². The SMILES string of the molecule is Cc1ccc(NC(=O)c2sc3ncn([C@@H](C)C(=O)OCC(C)C)c(=O)c3c2C)c(C)c1. The Morgan fingerprint density at radius 2 is 1.90 bits per heavy atom. The van der Waals surface area contributed by atoms with Gasteiger partial charge in [0, 0.05) is 5.69 Å². The van der Waals surface area contributed by atoms with E-state index in [1.807, 2.05) is 45.9 Å². The summed E-state index contributed by atoms with van der Waals surface area (Å²) in [6.45, 7) is 11.4. The number of rotatable bonds is 6. The molecule has 31 heavy (non-hydrogen) atoms. The van der Waals surface area contributed by atoms with E-state index in [1.54, 1.807) is 13.8 Å². The van der Waals surface area contributed by atoms with Gasteiger partial charge in [0.1, 0.15) is 10.9 Å². The van der Waals surface area contributed by atoms with Gasteiger partial charge in [0.15, 0.2) is 0 Å². The number of hydrogen-bond donors (Lipinski definition) is 1. The smallest absolute Gasteiger partial charge is 0.329 e. The van der Waals surface area contributed by atoms with Gasteiger partial charge in [0.2, 0.25) is 0 Å². The van der Waals surface area contributed by atoms with Crippen LogP contribution in [0.2, 0.25) is 0 Å². The quantitative estimate of drug-likeness (QED) is 0.573. The van der Waals surface area contributed by atoms with E-state index in [0.717, 1.165) is 28.2 Å². The van der Waals surface area contributed by atoms with E-state index in [2.05, 4.69) is 10.3 Å². The number of fused-ring (bicyclic) bond motifs is 1. The second-order valence-corrected chi connectivity index (χ2v) is 9.16. The fourth-order valence-corrected chi connectivity index (χ4v) is 4.28. The Labute approximate surface area is 185 Å². The molecule has 0 aliphatic carbocycles. The van der Waals surface area contributed by atoms with Crippen molar-refractivity contribution in [3.63, 3.8) is 0 Å². The second-order valence-electron chi connectivity index (χ2n) is 8.17. The number of aryl methyl sites for hydroxylation is 3. The van der Waals surface area contributed by atoms with Crippen molar-refractivity contribution in [2.75, 3.05) is 11.9 Å². The Hall–Kier alpha value is -3.00. The zero-order valence-electron chi connectivity index (χ0n) is 18.6. The standard InChI is InChI=1S/C23H27N3O4S/c1-12(2)10-30-23(29)16(6)26-11-24-21-18(22(26)28)15(5)19(31-21)20(27)25-17-8-7-13(3)9-14(17)4/h7-9,11-12,16H,10H2,1-6H3,(H,25,27)/t16-/m0/s1. The summed E-state index contributed by atoms with van der Waals surface area (Å²) in [6.07, 6.45) is 1.34. The summed E-state index contributed by atoms with van der Waals surface area (Å²) in [5, 5.41) is 3.27. The van der Waals surface area contributed by atoms with E-state index in [0.29, 0.717) is 20.7 Å². The molecule has 0 unspecified atom stereocenters. The molecule has 0 radical (unpaired) electrons. The van der Waals surface area contributed by atoms with Gasteiger partial charge in [0.05, 0.1) is 23.2 Å². The molecule has 3 aromatic rings. The van der Waals surface area contributed by atoms with Crippen LogP contribution in [0.3, 0.4) is 0 Å². The highest BCUT2D eigenvalue weighted by atomic mass is 32.1. The summed E-state index contributed by atoms with van der Waals surface area (Å²) in [4.78, 5) is 43.6. The van der Waals surface area contributed by atoms with E-state index < -0.39 is 12.0 Å². The van der Waals surface area contributed by atoms with Crippen molar-refractivity contribution in [1.82, 2.24) is 9.55 Å². The molecule has 0 aliphatic rings. The van der Waals surface area contributed by atoms with E-state index >= 15 is 0 Å². The molecule has 2 heterocycles. The Morgan fingerprint density at radius 1 is 1.19 bits per heavy atom. The second kappa shape index (κ2) is 9.01. The first-order valence-corrected chi connectivity index (χ1v) is 11.0. The van der Waals surface area contributed by atoms with Gasteiger partial charge in [-0.3, -0.25) is 14.2 Å². The third-order valence-electron chi connectivity index (χ3n) is 5.03. The lowest BCUT2D eigenvalue weighted by Crippen LogP contribution is -2.30. The molecule has 3 rings (SSSR count). The molecular formula is C23H27N3O4S. The molecule has 8 heteroatoms. The largest absolute Gasteiger partial charge is 0.464 e. The number of hydrogen-bond acceptors (Lipinski definition) is 6. The number of benzene rings is 1. The normalized spacial score (nSPS) is 12.2. The van der Waals surface area contributed by atoms with Crippen LogP contribution in [-0.4, -0.2) is 28.0 Å². The van der Waals surface area contributed by atoms with Crippen molar-refractivity contribution in [2.45, 2.75) is 47.6 Å². The highest BCUT2D eigenvalue weighted by Gasteiger charge is 2.24.